The molecule has 0 atom stereocenters. The van der Waals surface area contributed by atoms with Gasteiger partial charge in [0.1, 0.15) is 11.1 Å². The molecular formula is C15H4Cl2F5NO. The average molecular weight is 380 g/mol. The van der Waals surface area contributed by atoms with E-state index in [1.54, 1.807) is 0 Å². The number of hydrogen-bond acceptors (Lipinski definition) is 2. The molecule has 0 saturated heterocycles. The van der Waals surface area contributed by atoms with Crippen LogP contribution in [0, 0.1) is 29.1 Å². The Hall–Kier alpha value is -2.12. The van der Waals surface area contributed by atoms with Gasteiger partial charge < -0.3 is 4.42 Å². The van der Waals surface area contributed by atoms with Crippen LogP contribution in [-0.2, 0) is 0 Å². The van der Waals surface area contributed by atoms with Crippen LogP contribution in [0.1, 0.15) is 5.56 Å². The molecule has 9 heteroatoms. The van der Waals surface area contributed by atoms with Crippen LogP contribution in [-0.4, -0.2) is 4.98 Å². The van der Waals surface area contributed by atoms with Crippen LogP contribution >= 0.6 is 23.2 Å². The van der Waals surface area contributed by atoms with E-state index in [0.29, 0.717) is 0 Å². The van der Waals surface area contributed by atoms with E-state index in [2.05, 4.69) is 11.6 Å². The van der Waals surface area contributed by atoms with Gasteiger partial charge in [0.15, 0.2) is 28.9 Å². The zero-order valence-electron chi connectivity index (χ0n) is 11.4. The lowest BCUT2D eigenvalue weighted by Gasteiger charge is -2.04. The summed E-state index contributed by atoms with van der Waals surface area (Å²) in [5, 5.41) is 0.0647. The molecule has 0 spiro atoms. The van der Waals surface area contributed by atoms with E-state index in [0.717, 1.165) is 0 Å². The van der Waals surface area contributed by atoms with Gasteiger partial charge in [-0.3, -0.25) is 0 Å². The molecule has 0 N–H and O–H groups in total. The number of halogens is 7. The lowest BCUT2D eigenvalue weighted by atomic mass is 10.1. The number of fused-ring (bicyclic) bond motifs is 1. The Morgan fingerprint density at radius 1 is 0.958 bits per heavy atom. The van der Waals surface area contributed by atoms with Crippen molar-refractivity contribution in [1.29, 1.82) is 0 Å². The third-order valence-corrected chi connectivity index (χ3v) is 3.93. The summed E-state index contributed by atoms with van der Waals surface area (Å²) in [6.45, 7) is 3.49. The predicted molar refractivity (Wildman–Crippen MR) is 79.3 cm³/mol. The zero-order chi connectivity index (χ0) is 17.8. The van der Waals surface area contributed by atoms with E-state index in [-0.39, 0.29) is 26.7 Å². The molecule has 0 radical (unpaired) electrons. The summed E-state index contributed by atoms with van der Waals surface area (Å²) in [5.74, 6) is -11.4. The maximum Gasteiger partial charge on any atom is 0.233 e. The Morgan fingerprint density at radius 2 is 1.50 bits per heavy atom. The normalized spacial score (nSPS) is 11.3. The van der Waals surface area contributed by atoms with Gasteiger partial charge in [0, 0.05) is 5.56 Å². The molecule has 0 unspecified atom stereocenters. The minimum absolute atomic E-state index is 0.0189. The van der Waals surface area contributed by atoms with Gasteiger partial charge in [-0.05, 0) is 6.07 Å². The highest BCUT2D eigenvalue weighted by atomic mass is 35.5. The number of hydrogen-bond donors (Lipinski definition) is 0. The zero-order valence-corrected chi connectivity index (χ0v) is 12.9. The number of oxazole rings is 1. The fourth-order valence-electron chi connectivity index (χ4n) is 2.10. The fourth-order valence-corrected chi connectivity index (χ4v) is 2.74. The second-order valence-corrected chi connectivity index (χ2v) is 5.39. The van der Waals surface area contributed by atoms with Gasteiger partial charge in [0.25, 0.3) is 0 Å². The largest absolute Gasteiger partial charge is 0.434 e. The summed E-state index contributed by atoms with van der Waals surface area (Å²) in [4.78, 5) is 3.71. The summed E-state index contributed by atoms with van der Waals surface area (Å²) < 4.78 is 72.5. The minimum atomic E-state index is -2.28. The van der Waals surface area contributed by atoms with E-state index in [4.69, 9.17) is 27.6 Å². The van der Waals surface area contributed by atoms with Crippen molar-refractivity contribution in [2.75, 3.05) is 0 Å². The molecule has 1 aromatic heterocycles. The van der Waals surface area contributed by atoms with Crippen LogP contribution in [0.5, 0.6) is 0 Å². The van der Waals surface area contributed by atoms with Crippen molar-refractivity contribution in [3.05, 3.63) is 57.3 Å². The number of aromatic nitrogens is 1. The van der Waals surface area contributed by atoms with Gasteiger partial charge >= 0.3 is 0 Å². The van der Waals surface area contributed by atoms with Gasteiger partial charge in [-0.2, -0.15) is 0 Å². The van der Waals surface area contributed by atoms with Crippen LogP contribution in [0.25, 0.3) is 28.6 Å². The Kier molecular flexibility index (Phi) is 4.01. The first-order valence-corrected chi connectivity index (χ1v) is 6.96. The topological polar surface area (TPSA) is 26.0 Å². The third-order valence-electron chi connectivity index (χ3n) is 3.24. The highest BCUT2D eigenvalue weighted by molar-refractivity contribution is 6.40. The summed E-state index contributed by atoms with van der Waals surface area (Å²) in [5.41, 5.74) is -1.18. The number of nitrogens with zero attached hydrogens (tertiary/aromatic N) is 1. The summed E-state index contributed by atoms with van der Waals surface area (Å²) in [6, 6.07) is 1.26. The van der Waals surface area contributed by atoms with Crippen LogP contribution in [0.15, 0.2) is 17.1 Å². The molecule has 0 bridgehead atoms. The van der Waals surface area contributed by atoms with E-state index in [1.165, 1.54) is 12.1 Å². The lowest BCUT2D eigenvalue weighted by molar-refractivity contribution is 0.379. The molecule has 2 aromatic carbocycles. The van der Waals surface area contributed by atoms with Crippen LogP contribution < -0.4 is 0 Å². The molecule has 0 fully saturated rings. The van der Waals surface area contributed by atoms with Crippen molar-refractivity contribution in [2.45, 2.75) is 0 Å². The molecule has 3 rings (SSSR count). The van der Waals surface area contributed by atoms with Crippen LogP contribution in [0.2, 0.25) is 10.0 Å². The Balaban J connectivity index is 2.37. The van der Waals surface area contributed by atoms with Gasteiger partial charge in [-0.1, -0.05) is 35.9 Å². The first-order chi connectivity index (χ1) is 11.3. The number of benzene rings is 2. The summed E-state index contributed by atoms with van der Waals surface area (Å²) in [7, 11) is 0. The van der Waals surface area contributed by atoms with Gasteiger partial charge in [-0.15, -0.1) is 0 Å². The smallest absolute Gasteiger partial charge is 0.233 e. The van der Waals surface area contributed by atoms with E-state index >= 15 is 0 Å². The van der Waals surface area contributed by atoms with Gasteiger partial charge in [-0.25, -0.2) is 26.9 Å². The Morgan fingerprint density at radius 3 is 2.04 bits per heavy atom. The number of rotatable bonds is 2. The third kappa shape index (κ3) is 2.27. The maximum atomic E-state index is 13.8. The van der Waals surface area contributed by atoms with Crippen molar-refractivity contribution in [1.82, 2.24) is 4.98 Å². The molecule has 0 amide bonds. The van der Waals surface area contributed by atoms with E-state index in [9.17, 15) is 22.0 Å². The molecule has 0 aliphatic carbocycles. The van der Waals surface area contributed by atoms with Crippen LogP contribution in [0.3, 0.4) is 0 Å². The maximum absolute atomic E-state index is 13.8. The molecule has 0 aliphatic rings. The van der Waals surface area contributed by atoms with Gasteiger partial charge in [0.05, 0.1) is 10.0 Å². The first-order valence-electron chi connectivity index (χ1n) is 6.20. The second-order valence-electron chi connectivity index (χ2n) is 4.60. The van der Waals surface area contributed by atoms with Crippen molar-refractivity contribution < 1.29 is 26.4 Å². The molecule has 0 aliphatic heterocycles. The summed E-state index contributed by atoms with van der Waals surface area (Å²) in [6.07, 6.45) is 1.31. The second kappa shape index (κ2) is 5.75. The van der Waals surface area contributed by atoms with Crippen molar-refractivity contribution >= 4 is 40.4 Å². The summed E-state index contributed by atoms with van der Waals surface area (Å²) >= 11 is 12.0. The fraction of sp³-hybridized carbons (Fsp3) is 0. The molecule has 24 heavy (non-hydrogen) atoms. The minimum Gasteiger partial charge on any atom is -0.434 e. The highest BCUT2D eigenvalue weighted by Gasteiger charge is 2.30. The van der Waals surface area contributed by atoms with E-state index in [1.807, 2.05) is 0 Å². The molecule has 0 saturated carbocycles. The average Bonchev–Trinajstić information content (AvgIpc) is 2.95. The molecule has 1 heterocycles. The Labute approximate surface area is 141 Å². The molecule has 2 nitrogen and oxygen atoms in total. The molecule has 124 valence electrons. The highest BCUT2D eigenvalue weighted by Crippen LogP contribution is 2.38. The molecular weight excluding hydrogens is 376 g/mol. The lowest BCUT2D eigenvalue weighted by Crippen LogP contribution is -2.04. The van der Waals surface area contributed by atoms with Crippen LogP contribution in [0.4, 0.5) is 22.0 Å². The van der Waals surface area contributed by atoms with Gasteiger partial charge in [0.2, 0.25) is 11.7 Å². The van der Waals surface area contributed by atoms with Crippen molar-refractivity contribution in [3.63, 3.8) is 0 Å². The SMILES string of the molecule is C=Cc1c(Cl)cc2nc(-c3c(F)c(F)c(F)c(F)c3F)oc2c1Cl. The quantitative estimate of drug-likeness (QED) is 0.303. The van der Waals surface area contributed by atoms with Crippen molar-refractivity contribution in [3.8, 4) is 11.5 Å². The standard InChI is InChI=1S/C15H4Cl2F5NO/c1-2-4-5(16)3-6-14(8(4)17)24-15(23-6)7-9(18)11(20)13(22)12(21)10(7)19/h2-3H,1H2. The van der Waals surface area contributed by atoms with Crippen molar-refractivity contribution in [2.24, 2.45) is 0 Å². The molecule has 3 aromatic rings. The Bertz CT molecular complexity index is 986. The first kappa shape index (κ1) is 16.7. The predicted octanol–water partition coefficient (Wildman–Crippen LogP) is 6.14. The van der Waals surface area contributed by atoms with E-state index < -0.39 is 40.5 Å². The monoisotopic (exact) mass is 379 g/mol.